The summed E-state index contributed by atoms with van der Waals surface area (Å²) in [5, 5.41) is 2.37. The van der Waals surface area contributed by atoms with Gasteiger partial charge in [0.05, 0.1) is 12.2 Å². The lowest BCUT2D eigenvalue weighted by molar-refractivity contribution is -0.136. The molecule has 1 unspecified atom stereocenters. The molecule has 1 N–H and O–H groups in total. The summed E-state index contributed by atoms with van der Waals surface area (Å²) in [6.07, 6.45) is 4.80. The molecular formula is C26H28BrN3O4. The van der Waals surface area contributed by atoms with Crippen molar-refractivity contribution in [3.63, 3.8) is 0 Å². The summed E-state index contributed by atoms with van der Waals surface area (Å²) < 4.78 is 6.82. The molecule has 2 aromatic carbocycles. The van der Waals surface area contributed by atoms with Gasteiger partial charge in [-0.2, -0.15) is 0 Å². The van der Waals surface area contributed by atoms with E-state index in [-0.39, 0.29) is 24.1 Å². The standard InChI is InChI=1S/C26H28BrN3O4/c27-18-8-9-21-23(15-18)34-14-13-29(21)12-3-1-2-5-17-6-4-7-19-20(17)16-30(26(19)33)22-10-11-24(31)28-25(22)32/h4,6-9,15,22H,1-3,5,10-14,16H2,(H,28,31,32). The number of unbranched alkanes of at least 4 members (excludes halogenated alkanes) is 2. The lowest BCUT2D eigenvalue weighted by Crippen LogP contribution is -2.52. The zero-order chi connectivity index (χ0) is 23.7. The topological polar surface area (TPSA) is 79.0 Å². The Morgan fingerprint density at radius 2 is 1.97 bits per heavy atom. The number of carbonyl (C=O) groups excluding carboxylic acids is 3. The number of imide groups is 1. The Bertz CT molecular complexity index is 1140. The summed E-state index contributed by atoms with van der Waals surface area (Å²) in [4.78, 5) is 40.8. The van der Waals surface area contributed by atoms with Gasteiger partial charge in [-0.25, -0.2) is 0 Å². The lowest BCUT2D eigenvalue weighted by Gasteiger charge is -2.31. The summed E-state index contributed by atoms with van der Waals surface area (Å²) in [5.41, 5.74) is 4.06. The van der Waals surface area contributed by atoms with E-state index < -0.39 is 6.04 Å². The fraction of sp³-hybridized carbons (Fsp3) is 0.423. The fourth-order valence-electron chi connectivity index (χ4n) is 5.16. The predicted molar refractivity (Wildman–Crippen MR) is 132 cm³/mol. The van der Waals surface area contributed by atoms with E-state index in [1.54, 1.807) is 4.90 Å². The first kappa shape index (κ1) is 22.9. The van der Waals surface area contributed by atoms with Crippen molar-refractivity contribution in [1.29, 1.82) is 0 Å². The van der Waals surface area contributed by atoms with Crippen LogP contribution in [0.5, 0.6) is 5.75 Å². The van der Waals surface area contributed by atoms with Gasteiger partial charge in [-0.3, -0.25) is 19.7 Å². The largest absolute Gasteiger partial charge is 0.490 e. The van der Waals surface area contributed by atoms with Crippen LogP contribution < -0.4 is 15.0 Å². The van der Waals surface area contributed by atoms with E-state index in [9.17, 15) is 14.4 Å². The molecule has 8 heteroatoms. The molecule has 0 saturated carbocycles. The van der Waals surface area contributed by atoms with Crippen LogP contribution in [0.4, 0.5) is 5.69 Å². The smallest absolute Gasteiger partial charge is 0.255 e. The van der Waals surface area contributed by atoms with Crippen LogP contribution in [0.2, 0.25) is 0 Å². The maximum Gasteiger partial charge on any atom is 0.255 e. The quantitative estimate of drug-likeness (QED) is 0.439. The predicted octanol–water partition coefficient (Wildman–Crippen LogP) is 3.82. The van der Waals surface area contributed by atoms with Crippen LogP contribution in [-0.4, -0.2) is 48.4 Å². The van der Waals surface area contributed by atoms with Gasteiger partial charge in [0.1, 0.15) is 18.4 Å². The first-order valence-electron chi connectivity index (χ1n) is 11.9. The Hall–Kier alpha value is -2.87. The molecule has 34 heavy (non-hydrogen) atoms. The van der Waals surface area contributed by atoms with E-state index in [2.05, 4.69) is 44.3 Å². The molecule has 3 aliphatic rings. The zero-order valence-electron chi connectivity index (χ0n) is 19.0. The van der Waals surface area contributed by atoms with E-state index in [1.165, 1.54) is 5.56 Å². The van der Waals surface area contributed by atoms with Crippen LogP contribution in [0.3, 0.4) is 0 Å². The monoisotopic (exact) mass is 525 g/mol. The Morgan fingerprint density at radius 1 is 1.09 bits per heavy atom. The van der Waals surface area contributed by atoms with Crippen LogP contribution in [-0.2, 0) is 22.6 Å². The highest BCUT2D eigenvalue weighted by atomic mass is 79.9. The highest BCUT2D eigenvalue weighted by Gasteiger charge is 2.39. The number of carbonyl (C=O) groups is 3. The van der Waals surface area contributed by atoms with Crippen LogP contribution in [0.25, 0.3) is 0 Å². The molecule has 0 radical (unpaired) electrons. The third-order valence-corrected chi connectivity index (χ3v) is 7.43. The second-order valence-electron chi connectivity index (χ2n) is 9.10. The number of rotatable bonds is 7. The Morgan fingerprint density at radius 3 is 2.82 bits per heavy atom. The van der Waals surface area contributed by atoms with Gasteiger partial charge < -0.3 is 14.5 Å². The SMILES string of the molecule is O=C1CCC(N2Cc3c(CCCCCN4CCOc5cc(Br)ccc54)cccc3C2=O)C(=O)N1. The van der Waals surface area contributed by atoms with Gasteiger partial charge in [0.2, 0.25) is 11.8 Å². The van der Waals surface area contributed by atoms with Gasteiger partial charge in [0.25, 0.3) is 5.91 Å². The van der Waals surface area contributed by atoms with E-state index in [1.807, 2.05) is 18.2 Å². The summed E-state index contributed by atoms with van der Waals surface area (Å²) >= 11 is 3.51. The molecule has 1 saturated heterocycles. The average molecular weight is 526 g/mol. The maximum atomic E-state index is 13.0. The van der Waals surface area contributed by atoms with Crippen molar-refractivity contribution in [2.75, 3.05) is 24.6 Å². The van der Waals surface area contributed by atoms with Gasteiger partial charge in [-0.1, -0.05) is 34.5 Å². The van der Waals surface area contributed by atoms with Crippen LogP contribution in [0.1, 0.15) is 53.6 Å². The third kappa shape index (κ3) is 4.56. The molecule has 3 aliphatic heterocycles. The number of fused-ring (bicyclic) bond motifs is 2. The number of hydrogen-bond acceptors (Lipinski definition) is 5. The van der Waals surface area contributed by atoms with E-state index in [0.717, 1.165) is 60.2 Å². The molecule has 0 aromatic heterocycles. The van der Waals surface area contributed by atoms with Crippen molar-refractivity contribution >= 4 is 39.3 Å². The van der Waals surface area contributed by atoms with Crippen molar-refractivity contribution < 1.29 is 19.1 Å². The molecule has 3 amide bonds. The number of benzene rings is 2. The van der Waals surface area contributed by atoms with Crippen molar-refractivity contribution in [1.82, 2.24) is 10.2 Å². The minimum Gasteiger partial charge on any atom is -0.490 e. The minimum atomic E-state index is -0.567. The average Bonchev–Trinajstić information content (AvgIpc) is 3.15. The molecule has 0 aliphatic carbocycles. The van der Waals surface area contributed by atoms with Gasteiger partial charge in [-0.05, 0) is 61.1 Å². The minimum absolute atomic E-state index is 0.107. The van der Waals surface area contributed by atoms with Gasteiger partial charge in [-0.15, -0.1) is 0 Å². The number of anilines is 1. The number of nitrogens with one attached hydrogen (secondary N) is 1. The van der Waals surface area contributed by atoms with Crippen LogP contribution in [0, 0.1) is 0 Å². The molecule has 0 spiro atoms. The van der Waals surface area contributed by atoms with Crippen molar-refractivity contribution in [2.24, 2.45) is 0 Å². The molecule has 3 heterocycles. The van der Waals surface area contributed by atoms with E-state index >= 15 is 0 Å². The molecule has 7 nitrogen and oxygen atoms in total. The Labute approximate surface area is 207 Å². The number of hydrogen-bond donors (Lipinski definition) is 1. The molecular weight excluding hydrogens is 498 g/mol. The second kappa shape index (κ2) is 9.78. The van der Waals surface area contributed by atoms with Gasteiger partial charge >= 0.3 is 0 Å². The van der Waals surface area contributed by atoms with Crippen LogP contribution in [0.15, 0.2) is 40.9 Å². The first-order valence-corrected chi connectivity index (χ1v) is 12.7. The van der Waals surface area contributed by atoms with E-state index in [4.69, 9.17) is 4.74 Å². The Kier molecular flexibility index (Phi) is 6.59. The van der Waals surface area contributed by atoms with Crippen molar-refractivity contribution in [2.45, 2.75) is 51.1 Å². The van der Waals surface area contributed by atoms with Crippen LogP contribution >= 0.6 is 15.9 Å². The molecule has 0 bridgehead atoms. The number of aryl methyl sites for hydroxylation is 1. The fourth-order valence-corrected chi connectivity index (χ4v) is 5.50. The van der Waals surface area contributed by atoms with Gasteiger partial charge in [0, 0.05) is 29.5 Å². The summed E-state index contributed by atoms with van der Waals surface area (Å²) in [5.74, 6) is 0.199. The normalized spacial score (nSPS) is 19.6. The van der Waals surface area contributed by atoms with Crippen molar-refractivity contribution in [3.8, 4) is 5.75 Å². The molecule has 1 atom stereocenters. The number of piperidine rings is 1. The third-order valence-electron chi connectivity index (χ3n) is 6.93. The highest BCUT2D eigenvalue weighted by molar-refractivity contribution is 9.10. The number of amides is 3. The summed E-state index contributed by atoms with van der Waals surface area (Å²) in [6, 6.07) is 11.5. The Balaban J connectivity index is 1.16. The molecule has 5 rings (SSSR count). The maximum absolute atomic E-state index is 13.0. The molecule has 178 valence electrons. The zero-order valence-corrected chi connectivity index (χ0v) is 20.6. The number of nitrogens with zero attached hydrogens (tertiary/aromatic N) is 2. The number of halogens is 1. The van der Waals surface area contributed by atoms with Crippen molar-refractivity contribution in [3.05, 3.63) is 57.6 Å². The number of ether oxygens (including phenoxy) is 1. The summed E-state index contributed by atoms with van der Waals surface area (Å²) in [7, 11) is 0. The van der Waals surface area contributed by atoms with Gasteiger partial charge in [0.15, 0.2) is 0 Å². The first-order chi connectivity index (χ1) is 16.5. The lowest BCUT2D eigenvalue weighted by atomic mass is 9.98. The summed E-state index contributed by atoms with van der Waals surface area (Å²) in [6.45, 7) is 3.04. The molecule has 2 aromatic rings. The highest BCUT2D eigenvalue weighted by Crippen LogP contribution is 2.34. The second-order valence-corrected chi connectivity index (χ2v) is 10.0. The van der Waals surface area contributed by atoms with E-state index in [0.29, 0.717) is 25.1 Å². The molecule has 1 fully saturated rings.